The number of carbonyl (C=O) groups is 1. The van der Waals surface area contributed by atoms with Gasteiger partial charge in [0.15, 0.2) is 0 Å². The molecule has 1 amide bonds. The molecule has 1 aliphatic heterocycles. The second kappa shape index (κ2) is 7.29. The maximum atomic E-state index is 12.0. The minimum atomic E-state index is 0.0974. The van der Waals surface area contributed by atoms with Crippen molar-refractivity contribution < 1.29 is 9.53 Å². The van der Waals surface area contributed by atoms with Crippen LogP contribution < -0.4 is 15.4 Å². The summed E-state index contributed by atoms with van der Waals surface area (Å²) < 4.78 is 5.21. The minimum absolute atomic E-state index is 0.0974. The van der Waals surface area contributed by atoms with E-state index in [1.807, 2.05) is 25.1 Å². The topological polar surface area (TPSA) is 50.4 Å². The summed E-state index contributed by atoms with van der Waals surface area (Å²) in [4.78, 5) is 12.0. The van der Waals surface area contributed by atoms with Gasteiger partial charge in [-0.25, -0.2) is 0 Å². The molecule has 1 saturated heterocycles. The van der Waals surface area contributed by atoms with Gasteiger partial charge in [-0.05, 0) is 69.0 Å². The summed E-state index contributed by atoms with van der Waals surface area (Å²) in [7, 11) is 1.65. The van der Waals surface area contributed by atoms with Crippen molar-refractivity contribution in [3.05, 3.63) is 23.8 Å². The Morgan fingerprint density at radius 3 is 3.00 bits per heavy atom. The SMILES string of the molecule is COc1ccc(NC(=O)CCC2CCCNC2)cc1C. The van der Waals surface area contributed by atoms with Crippen molar-refractivity contribution in [2.45, 2.75) is 32.6 Å². The zero-order valence-electron chi connectivity index (χ0n) is 12.4. The van der Waals surface area contributed by atoms with Crippen LogP contribution in [0.3, 0.4) is 0 Å². The van der Waals surface area contributed by atoms with Crippen LogP contribution in [0.4, 0.5) is 5.69 Å². The molecule has 4 nitrogen and oxygen atoms in total. The molecule has 0 aliphatic carbocycles. The van der Waals surface area contributed by atoms with E-state index in [0.717, 1.165) is 36.5 Å². The van der Waals surface area contributed by atoms with E-state index in [9.17, 15) is 4.79 Å². The lowest BCUT2D eigenvalue weighted by molar-refractivity contribution is -0.116. The molecule has 2 N–H and O–H groups in total. The third kappa shape index (κ3) is 4.23. The zero-order valence-corrected chi connectivity index (χ0v) is 12.4. The Balaban J connectivity index is 1.80. The summed E-state index contributed by atoms with van der Waals surface area (Å²) in [5.41, 5.74) is 1.87. The number of ether oxygens (including phenoxy) is 1. The Kier molecular flexibility index (Phi) is 5.41. The number of methoxy groups -OCH3 is 1. The van der Waals surface area contributed by atoms with Gasteiger partial charge in [0.1, 0.15) is 5.75 Å². The van der Waals surface area contributed by atoms with Crippen LogP contribution in [0.5, 0.6) is 5.75 Å². The van der Waals surface area contributed by atoms with Crippen LogP contribution in [0.2, 0.25) is 0 Å². The predicted molar refractivity (Wildman–Crippen MR) is 81.2 cm³/mol. The highest BCUT2D eigenvalue weighted by atomic mass is 16.5. The standard InChI is InChI=1S/C16H24N2O2/c1-12-10-14(6-7-15(12)20-2)18-16(19)8-5-13-4-3-9-17-11-13/h6-7,10,13,17H,3-5,8-9,11H2,1-2H3,(H,18,19). The van der Waals surface area contributed by atoms with E-state index < -0.39 is 0 Å². The van der Waals surface area contributed by atoms with Crippen molar-refractivity contribution in [2.24, 2.45) is 5.92 Å². The molecule has 1 heterocycles. The largest absolute Gasteiger partial charge is 0.496 e. The van der Waals surface area contributed by atoms with E-state index in [-0.39, 0.29) is 5.91 Å². The second-order valence-electron chi connectivity index (χ2n) is 5.48. The van der Waals surface area contributed by atoms with E-state index in [2.05, 4.69) is 10.6 Å². The number of piperidine rings is 1. The molecule has 110 valence electrons. The molecule has 1 aliphatic rings. The molecule has 0 bridgehead atoms. The van der Waals surface area contributed by atoms with Gasteiger partial charge in [0.25, 0.3) is 0 Å². The number of carbonyl (C=O) groups excluding carboxylic acids is 1. The van der Waals surface area contributed by atoms with Gasteiger partial charge in [-0.2, -0.15) is 0 Å². The summed E-state index contributed by atoms with van der Waals surface area (Å²) in [6.45, 7) is 4.14. The first kappa shape index (κ1) is 14.9. The number of amides is 1. The third-order valence-electron chi connectivity index (χ3n) is 3.86. The summed E-state index contributed by atoms with van der Waals surface area (Å²) in [5, 5.41) is 6.34. The molecule has 0 spiro atoms. The first-order valence-corrected chi connectivity index (χ1v) is 7.34. The number of hydrogen-bond donors (Lipinski definition) is 2. The molecule has 0 saturated carbocycles. The van der Waals surface area contributed by atoms with Crippen LogP contribution in [-0.4, -0.2) is 26.1 Å². The molecule has 1 fully saturated rings. The maximum absolute atomic E-state index is 12.0. The van der Waals surface area contributed by atoms with Crippen molar-refractivity contribution >= 4 is 11.6 Å². The molecule has 0 aromatic heterocycles. The molecule has 2 rings (SSSR count). The average molecular weight is 276 g/mol. The maximum Gasteiger partial charge on any atom is 0.224 e. The Hall–Kier alpha value is -1.55. The fourth-order valence-corrected chi connectivity index (χ4v) is 2.69. The van der Waals surface area contributed by atoms with Gasteiger partial charge < -0.3 is 15.4 Å². The van der Waals surface area contributed by atoms with Crippen molar-refractivity contribution in [2.75, 3.05) is 25.5 Å². The van der Waals surface area contributed by atoms with Gasteiger partial charge in [0.05, 0.1) is 7.11 Å². The quantitative estimate of drug-likeness (QED) is 0.869. The van der Waals surface area contributed by atoms with Crippen LogP contribution in [0.15, 0.2) is 18.2 Å². The van der Waals surface area contributed by atoms with Gasteiger partial charge in [-0.1, -0.05) is 0 Å². The Labute approximate surface area is 120 Å². The average Bonchev–Trinajstić information content (AvgIpc) is 2.46. The first-order valence-electron chi connectivity index (χ1n) is 7.34. The summed E-state index contributed by atoms with van der Waals surface area (Å²) >= 11 is 0. The molecule has 1 atom stereocenters. The van der Waals surface area contributed by atoms with Gasteiger partial charge in [-0.3, -0.25) is 4.79 Å². The number of benzene rings is 1. The molecule has 20 heavy (non-hydrogen) atoms. The highest BCUT2D eigenvalue weighted by molar-refractivity contribution is 5.90. The molecule has 4 heteroatoms. The van der Waals surface area contributed by atoms with Crippen molar-refractivity contribution in [3.63, 3.8) is 0 Å². The fraction of sp³-hybridized carbons (Fsp3) is 0.562. The minimum Gasteiger partial charge on any atom is -0.496 e. The summed E-state index contributed by atoms with van der Waals surface area (Å²) in [5.74, 6) is 1.59. The number of anilines is 1. The van der Waals surface area contributed by atoms with Crippen LogP contribution in [0, 0.1) is 12.8 Å². The van der Waals surface area contributed by atoms with E-state index in [0.29, 0.717) is 12.3 Å². The van der Waals surface area contributed by atoms with Crippen LogP contribution in [0.25, 0.3) is 0 Å². The van der Waals surface area contributed by atoms with Crippen molar-refractivity contribution in [3.8, 4) is 5.75 Å². The molecule has 1 aromatic carbocycles. The normalized spacial score (nSPS) is 18.6. The Morgan fingerprint density at radius 1 is 1.50 bits per heavy atom. The van der Waals surface area contributed by atoms with Crippen molar-refractivity contribution in [1.82, 2.24) is 5.32 Å². The van der Waals surface area contributed by atoms with E-state index in [4.69, 9.17) is 4.74 Å². The lowest BCUT2D eigenvalue weighted by Crippen LogP contribution is -2.30. The predicted octanol–water partition coefficient (Wildman–Crippen LogP) is 2.72. The summed E-state index contributed by atoms with van der Waals surface area (Å²) in [6.07, 6.45) is 4.03. The van der Waals surface area contributed by atoms with Gasteiger partial charge >= 0.3 is 0 Å². The molecule has 1 unspecified atom stereocenters. The number of aryl methyl sites for hydroxylation is 1. The lowest BCUT2D eigenvalue weighted by atomic mass is 9.94. The monoisotopic (exact) mass is 276 g/mol. The van der Waals surface area contributed by atoms with Crippen molar-refractivity contribution in [1.29, 1.82) is 0 Å². The van der Waals surface area contributed by atoms with Crippen LogP contribution >= 0.6 is 0 Å². The zero-order chi connectivity index (χ0) is 14.4. The summed E-state index contributed by atoms with van der Waals surface area (Å²) in [6, 6.07) is 5.71. The first-order chi connectivity index (χ1) is 9.69. The Bertz CT molecular complexity index is 454. The highest BCUT2D eigenvalue weighted by Crippen LogP contribution is 2.22. The second-order valence-corrected chi connectivity index (χ2v) is 5.48. The Morgan fingerprint density at radius 2 is 2.35 bits per heavy atom. The number of rotatable bonds is 5. The van der Waals surface area contributed by atoms with Gasteiger partial charge in [0, 0.05) is 12.1 Å². The smallest absolute Gasteiger partial charge is 0.224 e. The lowest BCUT2D eigenvalue weighted by Gasteiger charge is -2.22. The van der Waals surface area contributed by atoms with E-state index in [1.165, 1.54) is 12.8 Å². The molecule has 0 radical (unpaired) electrons. The number of nitrogens with one attached hydrogen (secondary N) is 2. The highest BCUT2D eigenvalue weighted by Gasteiger charge is 2.14. The van der Waals surface area contributed by atoms with Gasteiger partial charge in [0.2, 0.25) is 5.91 Å². The van der Waals surface area contributed by atoms with Crippen LogP contribution in [-0.2, 0) is 4.79 Å². The molecular weight excluding hydrogens is 252 g/mol. The third-order valence-corrected chi connectivity index (χ3v) is 3.86. The number of hydrogen-bond acceptors (Lipinski definition) is 3. The molecule has 1 aromatic rings. The van der Waals surface area contributed by atoms with Crippen LogP contribution in [0.1, 0.15) is 31.2 Å². The fourth-order valence-electron chi connectivity index (χ4n) is 2.69. The van der Waals surface area contributed by atoms with E-state index in [1.54, 1.807) is 7.11 Å². The molecular formula is C16H24N2O2. The van der Waals surface area contributed by atoms with E-state index >= 15 is 0 Å². The van der Waals surface area contributed by atoms with Gasteiger partial charge in [-0.15, -0.1) is 0 Å².